The summed E-state index contributed by atoms with van der Waals surface area (Å²) >= 11 is 9.01. The number of hydrogen-bond donors (Lipinski definition) is 1. The number of aromatic nitrogens is 1. The number of ether oxygens (including phenoxy) is 1. The Morgan fingerprint density at radius 1 is 1.07 bits per heavy atom. The minimum absolute atomic E-state index is 0.139. The Labute approximate surface area is 169 Å². The van der Waals surface area contributed by atoms with Crippen LogP contribution in [-0.2, 0) is 10.0 Å². The van der Waals surface area contributed by atoms with Gasteiger partial charge in [-0.15, -0.1) is 0 Å². The van der Waals surface area contributed by atoms with Crippen molar-refractivity contribution in [1.82, 2.24) is 9.71 Å². The van der Waals surface area contributed by atoms with Gasteiger partial charge >= 0.3 is 0 Å². The van der Waals surface area contributed by atoms with Crippen molar-refractivity contribution in [3.05, 3.63) is 81.9 Å². The fourth-order valence-corrected chi connectivity index (χ4v) is 3.88. The normalized spacial score (nSPS) is 11.0. The van der Waals surface area contributed by atoms with Gasteiger partial charge in [0.15, 0.2) is 0 Å². The number of carbonyl (C=O) groups is 1. The lowest BCUT2D eigenvalue weighted by atomic mass is 10.2. The van der Waals surface area contributed by atoms with E-state index in [1.54, 1.807) is 24.3 Å². The van der Waals surface area contributed by atoms with Gasteiger partial charge < -0.3 is 4.74 Å². The molecule has 0 fully saturated rings. The maximum absolute atomic E-state index is 12.4. The molecule has 3 aromatic rings. The number of rotatable bonds is 5. The van der Waals surface area contributed by atoms with Crippen LogP contribution in [0.25, 0.3) is 0 Å². The second-order valence-electron chi connectivity index (χ2n) is 5.31. The molecule has 1 amide bonds. The van der Waals surface area contributed by atoms with Gasteiger partial charge in [0.1, 0.15) is 10.6 Å². The molecule has 6 nitrogen and oxygen atoms in total. The number of halogens is 2. The minimum atomic E-state index is -4.10. The average Bonchev–Trinajstić information content (AvgIpc) is 2.62. The van der Waals surface area contributed by atoms with Crippen LogP contribution in [-0.4, -0.2) is 19.3 Å². The van der Waals surface area contributed by atoms with Crippen molar-refractivity contribution in [3.63, 3.8) is 0 Å². The Hall–Kier alpha value is -2.42. The van der Waals surface area contributed by atoms with Crippen molar-refractivity contribution in [2.75, 3.05) is 0 Å². The van der Waals surface area contributed by atoms with Crippen LogP contribution < -0.4 is 9.46 Å². The van der Waals surface area contributed by atoms with Crippen LogP contribution in [0.3, 0.4) is 0 Å². The van der Waals surface area contributed by atoms with E-state index in [1.807, 2.05) is 10.8 Å². The number of para-hydroxylation sites is 1. The molecule has 0 atom stereocenters. The van der Waals surface area contributed by atoms with Crippen molar-refractivity contribution < 1.29 is 17.9 Å². The Kier molecular flexibility index (Phi) is 5.79. The molecule has 138 valence electrons. The summed E-state index contributed by atoms with van der Waals surface area (Å²) < 4.78 is 32.7. The second kappa shape index (κ2) is 8.08. The van der Waals surface area contributed by atoms with Crippen molar-refractivity contribution in [1.29, 1.82) is 0 Å². The summed E-state index contributed by atoms with van der Waals surface area (Å²) in [4.78, 5) is 16.1. The molecular formula is C18H12BrClN2O4S. The van der Waals surface area contributed by atoms with Crippen molar-refractivity contribution in [3.8, 4) is 11.6 Å². The summed E-state index contributed by atoms with van der Waals surface area (Å²) in [5.41, 5.74) is 0.139. The third-order valence-electron chi connectivity index (χ3n) is 3.39. The predicted molar refractivity (Wildman–Crippen MR) is 105 cm³/mol. The number of pyridine rings is 1. The van der Waals surface area contributed by atoms with Crippen molar-refractivity contribution in [2.24, 2.45) is 0 Å². The number of nitrogens with zero attached hydrogens (tertiary/aromatic N) is 1. The number of nitrogens with one attached hydrogen (secondary N) is 1. The zero-order chi connectivity index (χ0) is 19.4. The standard InChI is InChI=1S/C18H12BrClN2O4S/c19-16-10-12(20)6-8-15(16)18(23)22-27(24,25)14-7-9-17(21-11-14)26-13-4-2-1-3-5-13/h1-11H,(H,22,23). The van der Waals surface area contributed by atoms with E-state index in [2.05, 4.69) is 20.9 Å². The molecule has 1 N–H and O–H groups in total. The number of hydrogen-bond acceptors (Lipinski definition) is 5. The van der Waals surface area contributed by atoms with E-state index in [-0.39, 0.29) is 16.3 Å². The number of sulfonamides is 1. The van der Waals surface area contributed by atoms with Crippen LogP contribution in [0.5, 0.6) is 11.6 Å². The van der Waals surface area contributed by atoms with Crippen LogP contribution in [0.2, 0.25) is 5.02 Å². The SMILES string of the molecule is O=C(NS(=O)(=O)c1ccc(Oc2ccccc2)nc1)c1ccc(Cl)cc1Br. The van der Waals surface area contributed by atoms with Crippen LogP contribution in [0.1, 0.15) is 10.4 Å². The summed E-state index contributed by atoms with van der Waals surface area (Å²) in [7, 11) is -4.10. The van der Waals surface area contributed by atoms with E-state index in [1.165, 1.54) is 30.3 Å². The maximum atomic E-state index is 12.4. The summed E-state index contributed by atoms with van der Waals surface area (Å²) in [5.74, 6) is 0.0107. The van der Waals surface area contributed by atoms with Gasteiger partial charge in [-0.1, -0.05) is 29.8 Å². The second-order valence-corrected chi connectivity index (χ2v) is 8.28. The lowest BCUT2D eigenvalue weighted by Gasteiger charge is -2.09. The lowest BCUT2D eigenvalue weighted by Crippen LogP contribution is -2.30. The van der Waals surface area contributed by atoms with Gasteiger partial charge in [0, 0.05) is 15.6 Å². The molecule has 9 heteroatoms. The Morgan fingerprint density at radius 3 is 2.44 bits per heavy atom. The molecule has 0 unspecified atom stereocenters. The molecule has 1 aromatic heterocycles. The molecule has 0 radical (unpaired) electrons. The third kappa shape index (κ3) is 4.85. The molecule has 27 heavy (non-hydrogen) atoms. The highest BCUT2D eigenvalue weighted by atomic mass is 79.9. The predicted octanol–water partition coefficient (Wildman–Crippen LogP) is 4.41. The molecule has 0 saturated heterocycles. The van der Waals surface area contributed by atoms with E-state index >= 15 is 0 Å². The van der Waals surface area contributed by atoms with Crippen LogP contribution >= 0.6 is 27.5 Å². The maximum Gasteiger partial charge on any atom is 0.266 e. The molecule has 0 aliphatic heterocycles. The third-order valence-corrected chi connectivity index (χ3v) is 5.60. The molecule has 0 saturated carbocycles. The van der Waals surface area contributed by atoms with Gasteiger partial charge in [-0.3, -0.25) is 4.79 Å². The summed E-state index contributed by atoms with van der Waals surface area (Å²) in [5, 5.41) is 0.416. The summed E-state index contributed by atoms with van der Waals surface area (Å²) in [6, 6.07) is 16.1. The monoisotopic (exact) mass is 466 g/mol. The van der Waals surface area contributed by atoms with Gasteiger partial charge in [0.05, 0.1) is 11.8 Å². The van der Waals surface area contributed by atoms with Gasteiger partial charge in [0.2, 0.25) is 5.88 Å². The van der Waals surface area contributed by atoms with E-state index in [0.29, 0.717) is 15.2 Å². The molecule has 0 aliphatic carbocycles. The smallest absolute Gasteiger partial charge is 0.266 e. The first-order valence-electron chi connectivity index (χ1n) is 7.56. The fraction of sp³-hybridized carbons (Fsp3) is 0. The van der Waals surface area contributed by atoms with Gasteiger partial charge in [-0.2, -0.15) is 0 Å². The van der Waals surface area contributed by atoms with E-state index in [0.717, 1.165) is 6.20 Å². The Morgan fingerprint density at radius 2 is 1.81 bits per heavy atom. The van der Waals surface area contributed by atoms with Crippen LogP contribution in [0.15, 0.2) is 76.2 Å². The van der Waals surface area contributed by atoms with Crippen LogP contribution in [0.4, 0.5) is 0 Å². The first-order chi connectivity index (χ1) is 12.8. The van der Waals surface area contributed by atoms with Crippen molar-refractivity contribution >= 4 is 43.5 Å². The first kappa shape index (κ1) is 19.3. The number of amides is 1. The van der Waals surface area contributed by atoms with E-state index in [4.69, 9.17) is 16.3 Å². The zero-order valence-corrected chi connectivity index (χ0v) is 16.8. The van der Waals surface area contributed by atoms with Gasteiger partial charge in [-0.25, -0.2) is 18.1 Å². The Bertz CT molecular complexity index is 1070. The molecular weight excluding hydrogens is 456 g/mol. The number of carbonyl (C=O) groups excluding carboxylic acids is 1. The molecule has 0 bridgehead atoms. The van der Waals surface area contributed by atoms with E-state index in [9.17, 15) is 13.2 Å². The van der Waals surface area contributed by atoms with E-state index < -0.39 is 15.9 Å². The molecule has 3 rings (SSSR count). The summed E-state index contributed by atoms with van der Waals surface area (Å²) in [6.07, 6.45) is 1.12. The molecule has 1 heterocycles. The zero-order valence-electron chi connectivity index (χ0n) is 13.6. The highest BCUT2D eigenvalue weighted by molar-refractivity contribution is 9.10. The highest BCUT2D eigenvalue weighted by Crippen LogP contribution is 2.23. The Balaban J connectivity index is 1.75. The fourth-order valence-electron chi connectivity index (χ4n) is 2.10. The first-order valence-corrected chi connectivity index (χ1v) is 10.2. The minimum Gasteiger partial charge on any atom is -0.439 e. The molecule has 0 spiro atoms. The number of benzene rings is 2. The lowest BCUT2D eigenvalue weighted by molar-refractivity contribution is 0.0980. The molecule has 0 aliphatic rings. The highest BCUT2D eigenvalue weighted by Gasteiger charge is 2.21. The van der Waals surface area contributed by atoms with Gasteiger partial charge in [0.25, 0.3) is 15.9 Å². The average molecular weight is 468 g/mol. The van der Waals surface area contributed by atoms with Crippen LogP contribution in [0, 0.1) is 0 Å². The quantitative estimate of drug-likeness (QED) is 0.601. The topological polar surface area (TPSA) is 85.4 Å². The molecule has 2 aromatic carbocycles. The van der Waals surface area contributed by atoms with Crippen molar-refractivity contribution in [2.45, 2.75) is 4.90 Å². The largest absolute Gasteiger partial charge is 0.439 e. The van der Waals surface area contributed by atoms with Gasteiger partial charge in [-0.05, 0) is 52.3 Å². The summed E-state index contributed by atoms with van der Waals surface area (Å²) in [6.45, 7) is 0.